The number of benzene rings is 1. The number of amides is 2. The van der Waals surface area contributed by atoms with E-state index in [1.165, 1.54) is 17.0 Å². The van der Waals surface area contributed by atoms with Gasteiger partial charge in [0.1, 0.15) is 17.3 Å². The van der Waals surface area contributed by atoms with Crippen LogP contribution in [0.5, 0.6) is 5.75 Å². The van der Waals surface area contributed by atoms with Gasteiger partial charge in [0.25, 0.3) is 0 Å². The second-order valence-corrected chi connectivity index (χ2v) is 9.38. The molecular formula is C17H22Cl2N2O6S. The zero-order valence-electron chi connectivity index (χ0n) is 15.5. The summed E-state index contributed by atoms with van der Waals surface area (Å²) in [6.45, 7) is 5.01. The molecule has 0 spiro atoms. The van der Waals surface area contributed by atoms with Crippen molar-refractivity contribution in [2.45, 2.75) is 20.0 Å². The van der Waals surface area contributed by atoms with Crippen LogP contribution in [-0.4, -0.2) is 69.0 Å². The summed E-state index contributed by atoms with van der Waals surface area (Å²) < 4.78 is 35.1. The average Bonchev–Trinajstić information content (AvgIpc) is 2.58. The van der Waals surface area contributed by atoms with Gasteiger partial charge in [-0.1, -0.05) is 23.2 Å². The number of carbonyl (C=O) groups excluding carboxylic acids is 2. The van der Waals surface area contributed by atoms with Gasteiger partial charge >= 0.3 is 0 Å². The molecule has 0 atom stereocenters. The molecule has 11 heteroatoms. The molecule has 0 saturated carbocycles. The van der Waals surface area contributed by atoms with Crippen LogP contribution in [0.4, 0.5) is 5.69 Å². The number of nitrogens with one attached hydrogen (secondary N) is 1. The number of sulfone groups is 1. The smallest absolute Gasteiger partial charge is 0.239 e. The third kappa shape index (κ3) is 6.80. The average molecular weight is 453 g/mol. The van der Waals surface area contributed by atoms with Crippen LogP contribution in [-0.2, 0) is 24.2 Å². The number of morpholine rings is 1. The van der Waals surface area contributed by atoms with Gasteiger partial charge in [-0.15, -0.1) is 0 Å². The van der Waals surface area contributed by atoms with Crippen LogP contribution in [0.15, 0.2) is 12.1 Å². The Kier molecular flexibility index (Phi) is 7.94. The number of nitrogens with zero attached hydrogens (tertiary/aromatic N) is 1. The largest absolute Gasteiger partial charge is 0.489 e. The molecule has 0 aromatic heterocycles. The SMILES string of the molecule is CC(C)Oc1cc(NC(=O)CS(=O)(=O)CC(=O)N2CCOCC2)c(Cl)cc1Cl. The zero-order valence-corrected chi connectivity index (χ0v) is 17.9. The molecule has 0 unspecified atom stereocenters. The van der Waals surface area contributed by atoms with Crippen molar-refractivity contribution in [3.63, 3.8) is 0 Å². The third-order valence-electron chi connectivity index (χ3n) is 3.72. The molecule has 0 bridgehead atoms. The second-order valence-electron chi connectivity index (χ2n) is 6.50. The van der Waals surface area contributed by atoms with Crippen LogP contribution in [0.2, 0.25) is 10.0 Å². The van der Waals surface area contributed by atoms with Crippen LogP contribution in [0.3, 0.4) is 0 Å². The van der Waals surface area contributed by atoms with Gasteiger partial charge in [-0.3, -0.25) is 9.59 Å². The predicted octanol–water partition coefficient (Wildman–Crippen LogP) is 1.99. The van der Waals surface area contributed by atoms with E-state index in [-0.39, 0.29) is 21.8 Å². The minimum Gasteiger partial charge on any atom is -0.489 e. The van der Waals surface area contributed by atoms with Crippen molar-refractivity contribution >= 4 is 50.5 Å². The van der Waals surface area contributed by atoms with Crippen molar-refractivity contribution in [2.24, 2.45) is 0 Å². The molecule has 1 aromatic carbocycles. The first-order chi connectivity index (χ1) is 13.1. The van der Waals surface area contributed by atoms with Crippen LogP contribution in [0, 0.1) is 0 Å². The van der Waals surface area contributed by atoms with Crippen LogP contribution in [0.1, 0.15) is 13.8 Å². The molecule has 1 saturated heterocycles. The molecule has 0 aliphatic carbocycles. The summed E-state index contributed by atoms with van der Waals surface area (Å²) in [5.74, 6) is -2.64. The van der Waals surface area contributed by atoms with Gasteiger partial charge in [-0.2, -0.15) is 0 Å². The highest BCUT2D eigenvalue weighted by Gasteiger charge is 2.26. The highest BCUT2D eigenvalue weighted by molar-refractivity contribution is 7.92. The number of ether oxygens (including phenoxy) is 2. The molecule has 1 N–H and O–H groups in total. The molecule has 156 valence electrons. The quantitative estimate of drug-likeness (QED) is 0.678. The Bertz CT molecular complexity index is 838. The van der Waals surface area contributed by atoms with Crippen LogP contribution >= 0.6 is 23.2 Å². The number of carbonyl (C=O) groups is 2. The van der Waals surface area contributed by atoms with E-state index in [2.05, 4.69) is 5.32 Å². The van der Waals surface area contributed by atoms with Gasteiger partial charge in [0.2, 0.25) is 11.8 Å². The summed E-state index contributed by atoms with van der Waals surface area (Å²) >= 11 is 12.1. The Morgan fingerprint density at radius 1 is 1.18 bits per heavy atom. The van der Waals surface area contributed by atoms with E-state index in [9.17, 15) is 18.0 Å². The highest BCUT2D eigenvalue weighted by atomic mass is 35.5. The van der Waals surface area contributed by atoms with Crippen molar-refractivity contribution in [1.82, 2.24) is 4.90 Å². The van der Waals surface area contributed by atoms with Crippen molar-refractivity contribution < 1.29 is 27.5 Å². The zero-order chi connectivity index (χ0) is 20.9. The Balaban J connectivity index is 2.01. The minimum absolute atomic E-state index is 0.135. The number of anilines is 1. The van der Waals surface area contributed by atoms with E-state index in [0.717, 1.165) is 0 Å². The lowest BCUT2D eigenvalue weighted by molar-refractivity contribution is -0.132. The fourth-order valence-corrected chi connectivity index (χ4v) is 4.11. The molecule has 28 heavy (non-hydrogen) atoms. The Labute approximate surface area is 174 Å². The lowest BCUT2D eigenvalue weighted by Crippen LogP contribution is -2.44. The summed E-state index contributed by atoms with van der Waals surface area (Å²) in [7, 11) is -3.94. The molecule has 1 aromatic rings. The summed E-state index contributed by atoms with van der Waals surface area (Å²) in [6.07, 6.45) is -0.159. The van der Waals surface area contributed by atoms with E-state index in [0.29, 0.717) is 32.1 Å². The van der Waals surface area contributed by atoms with Crippen LogP contribution < -0.4 is 10.1 Å². The van der Waals surface area contributed by atoms with Gasteiger partial charge in [-0.25, -0.2) is 8.42 Å². The van der Waals surface area contributed by atoms with Gasteiger partial charge in [0, 0.05) is 19.2 Å². The lowest BCUT2D eigenvalue weighted by Gasteiger charge is -2.26. The summed E-state index contributed by atoms with van der Waals surface area (Å²) in [4.78, 5) is 25.7. The third-order valence-corrected chi connectivity index (χ3v) is 5.71. The summed E-state index contributed by atoms with van der Waals surface area (Å²) in [5.41, 5.74) is 0.168. The van der Waals surface area contributed by atoms with E-state index in [4.69, 9.17) is 32.7 Å². The molecule has 0 radical (unpaired) electrons. The Morgan fingerprint density at radius 2 is 1.82 bits per heavy atom. The van der Waals surface area contributed by atoms with Crippen molar-refractivity contribution in [1.29, 1.82) is 0 Å². The topological polar surface area (TPSA) is 102 Å². The fraction of sp³-hybridized carbons (Fsp3) is 0.529. The maximum absolute atomic E-state index is 12.2. The van der Waals surface area contributed by atoms with Gasteiger partial charge in [0.05, 0.1) is 35.1 Å². The van der Waals surface area contributed by atoms with E-state index >= 15 is 0 Å². The van der Waals surface area contributed by atoms with Gasteiger partial charge < -0.3 is 19.7 Å². The van der Waals surface area contributed by atoms with Crippen molar-refractivity contribution in [3.05, 3.63) is 22.2 Å². The first kappa shape index (κ1) is 22.7. The molecule has 1 aliphatic heterocycles. The fourth-order valence-electron chi connectivity index (χ4n) is 2.50. The highest BCUT2D eigenvalue weighted by Crippen LogP contribution is 2.34. The Morgan fingerprint density at radius 3 is 2.43 bits per heavy atom. The van der Waals surface area contributed by atoms with Crippen LogP contribution in [0.25, 0.3) is 0 Å². The number of hydrogen-bond donors (Lipinski definition) is 1. The Hall–Kier alpha value is -1.55. The lowest BCUT2D eigenvalue weighted by atomic mass is 10.3. The molecule has 2 amide bonds. The minimum atomic E-state index is -3.94. The standard InChI is InChI=1S/C17H22Cl2N2O6S/c1-11(2)27-15-8-14(12(18)7-13(15)19)20-16(22)9-28(24,25)10-17(23)21-3-5-26-6-4-21/h7-8,11H,3-6,9-10H2,1-2H3,(H,20,22). The summed E-state index contributed by atoms with van der Waals surface area (Å²) in [5, 5.41) is 2.83. The van der Waals surface area contributed by atoms with E-state index in [1.54, 1.807) is 13.8 Å². The molecule has 1 heterocycles. The van der Waals surface area contributed by atoms with Gasteiger partial charge in [-0.05, 0) is 19.9 Å². The molecular weight excluding hydrogens is 431 g/mol. The van der Waals surface area contributed by atoms with Gasteiger partial charge in [0.15, 0.2) is 9.84 Å². The molecule has 1 aliphatic rings. The monoisotopic (exact) mass is 452 g/mol. The molecule has 1 fully saturated rings. The first-order valence-electron chi connectivity index (χ1n) is 8.59. The van der Waals surface area contributed by atoms with E-state index in [1.807, 2.05) is 0 Å². The number of rotatable bonds is 7. The van der Waals surface area contributed by atoms with Crippen molar-refractivity contribution in [3.8, 4) is 5.75 Å². The van der Waals surface area contributed by atoms with E-state index < -0.39 is 33.2 Å². The maximum Gasteiger partial charge on any atom is 0.239 e. The first-order valence-corrected chi connectivity index (χ1v) is 11.2. The summed E-state index contributed by atoms with van der Waals surface area (Å²) in [6, 6.07) is 2.82. The number of halogens is 2. The maximum atomic E-state index is 12.2. The molecule has 8 nitrogen and oxygen atoms in total. The molecule has 2 rings (SSSR count). The van der Waals surface area contributed by atoms with Crippen molar-refractivity contribution in [2.75, 3.05) is 43.1 Å². The normalized spacial score (nSPS) is 14.8. The predicted molar refractivity (Wildman–Crippen MR) is 107 cm³/mol. The second kappa shape index (κ2) is 9.78. The number of hydrogen-bond acceptors (Lipinski definition) is 6.